The summed E-state index contributed by atoms with van der Waals surface area (Å²) in [5.41, 5.74) is 0.953. The number of rotatable bonds is 5. The van der Waals surface area contributed by atoms with Gasteiger partial charge in [0.2, 0.25) is 10.0 Å². The van der Waals surface area contributed by atoms with Crippen LogP contribution < -0.4 is 5.56 Å². The molecule has 0 aliphatic heterocycles. The Morgan fingerprint density at radius 2 is 1.96 bits per heavy atom. The third kappa shape index (κ3) is 3.73. The van der Waals surface area contributed by atoms with E-state index in [1.54, 1.807) is 13.0 Å². The predicted octanol–water partition coefficient (Wildman–Crippen LogP) is 2.49. The highest BCUT2D eigenvalue weighted by Gasteiger charge is 2.22. The van der Waals surface area contributed by atoms with Crippen LogP contribution in [0.15, 0.2) is 32.4 Å². The first-order chi connectivity index (χ1) is 12.6. The minimum Gasteiger partial charge on any atom is -0.441 e. The summed E-state index contributed by atoms with van der Waals surface area (Å²) in [6.45, 7) is 1.88. The van der Waals surface area contributed by atoms with Crippen molar-refractivity contribution in [3.8, 4) is 0 Å². The molecule has 0 fully saturated rings. The Hall–Kier alpha value is -1.94. The zero-order valence-corrected chi connectivity index (χ0v) is 17.1. The van der Waals surface area contributed by atoms with Gasteiger partial charge in [0.15, 0.2) is 11.5 Å². The summed E-state index contributed by atoms with van der Waals surface area (Å²) in [5.74, 6) is 0.351. The molecular weight excluding hydrogens is 415 g/mol. The molecule has 0 unspecified atom stereocenters. The van der Waals surface area contributed by atoms with E-state index in [2.05, 4.69) is 10.1 Å². The molecule has 2 aromatic heterocycles. The maximum atomic E-state index is 12.4. The average Bonchev–Trinajstić information content (AvgIpc) is 2.99. The highest BCUT2D eigenvalue weighted by molar-refractivity contribution is 7.89. The molecule has 3 rings (SSSR count). The van der Waals surface area contributed by atoms with E-state index in [1.165, 1.54) is 26.4 Å². The Kier molecular flexibility index (Phi) is 5.31. The summed E-state index contributed by atoms with van der Waals surface area (Å²) in [6.07, 6.45) is 1.56. The topological polar surface area (TPSA) is 98.3 Å². The lowest BCUT2D eigenvalue weighted by atomic mass is 10.2. The predicted molar refractivity (Wildman–Crippen MR) is 102 cm³/mol. The van der Waals surface area contributed by atoms with Crippen LogP contribution in [0.2, 0.25) is 10.0 Å². The van der Waals surface area contributed by atoms with Crippen LogP contribution >= 0.6 is 23.2 Å². The Morgan fingerprint density at radius 1 is 1.26 bits per heavy atom. The van der Waals surface area contributed by atoms with Crippen molar-refractivity contribution in [1.82, 2.24) is 19.1 Å². The van der Waals surface area contributed by atoms with Crippen molar-refractivity contribution in [3.05, 3.63) is 50.2 Å². The fourth-order valence-corrected chi connectivity index (χ4v) is 3.88. The van der Waals surface area contributed by atoms with E-state index >= 15 is 0 Å². The van der Waals surface area contributed by atoms with Crippen LogP contribution in [0, 0.1) is 6.92 Å². The molecule has 1 aromatic carbocycles. The molecule has 0 saturated heterocycles. The lowest BCUT2D eigenvalue weighted by molar-refractivity contribution is 0.481. The molecule has 0 spiro atoms. The minimum absolute atomic E-state index is 0.0879. The van der Waals surface area contributed by atoms with E-state index in [1.807, 2.05) is 0 Å². The first-order valence-electron chi connectivity index (χ1n) is 7.85. The number of oxazole rings is 1. The summed E-state index contributed by atoms with van der Waals surface area (Å²) in [5, 5.41) is 3.91. The number of nitrogens with zero attached hydrogens (tertiary/aromatic N) is 4. The number of aryl methyl sites for hydroxylation is 3. The second kappa shape index (κ2) is 7.23. The fraction of sp³-hybridized carbons (Fsp3) is 0.312. The maximum absolute atomic E-state index is 12.4. The van der Waals surface area contributed by atoms with Crippen LogP contribution in [0.5, 0.6) is 0 Å². The molecule has 0 amide bonds. The molecule has 27 heavy (non-hydrogen) atoms. The number of sulfonamides is 1. The van der Waals surface area contributed by atoms with Gasteiger partial charge in [-0.1, -0.05) is 23.2 Å². The number of fused-ring (bicyclic) bond motifs is 1. The second-order valence-electron chi connectivity index (χ2n) is 6.07. The van der Waals surface area contributed by atoms with E-state index in [-0.39, 0.29) is 27.9 Å². The number of benzene rings is 1. The first kappa shape index (κ1) is 19.8. The smallest absolute Gasteiger partial charge is 0.287 e. The van der Waals surface area contributed by atoms with Crippen LogP contribution in [-0.2, 0) is 23.0 Å². The highest BCUT2D eigenvalue weighted by atomic mass is 35.5. The molecule has 0 N–H and O–H groups in total. The number of aromatic nitrogens is 3. The van der Waals surface area contributed by atoms with Crippen LogP contribution in [0.25, 0.3) is 11.1 Å². The third-order valence-corrected chi connectivity index (χ3v) is 6.67. The van der Waals surface area contributed by atoms with Crippen LogP contribution in [-0.4, -0.2) is 41.6 Å². The lowest BCUT2D eigenvalue weighted by Gasteiger charge is -2.13. The van der Waals surface area contributed by atoms with E-state index in [9.17, 15) is 13.2 Å². The van der Waals surface area contributed by atoms with Gasteiger partial charge in [0.25, 0.3) is 5.56 Å². The number of halogens is 2. The summed E-state index contributed by atoms with van der Waals surface area (Å²) in [6, 6.07) is 3.11. The van der Waals surface area contributed by atoms with E-state index < -0.39 is 15.6 Å². The standard InChI is InChI=1S/C16H16Cl2N4O4S/c1-9-6-11-12(7-13(9)27(24,25)21(2)3)26-14(20-11)4-5-22-16(23)15(18)10(17)8-19-22/h6-8H,4-5H2,1-3H3. The first-order valence-corrected chi connectivity index (χ1v) is 10.0. The third-order valence-electron chi connectivity index (χ3n) is 3.97. The zero-order valence-electron chi connectivity index (χ0n) is 14.7. The molecule has 2 heterocycles. The van der Waals surface area contributed by atoms with E-state index in [0.29, 0.717) is 22.6 Å². The minimum atomic E-state index is -3.60. The van der Waals surface area contributed by atoms with Crippen LogP contribution in [0.1, 0.15) is 11.5 Å². The quantitative estimate of drug-likeness (QED) is 0.616. The molecule has 0 radical (unpaired) electrons. The molecular formula is C16H16Cl2N4O4S. The normalized spacial score (nSPS) is 12.2. The largest absolute Gasteiger partial charge is 0.441 e. The summed E-state index contributed by atoms with van der Waals surface area (Å²) < 4.78 is 32.8. The fourth-order valence-electron chi connectivity index (χ4n) is 2.49. The molecule has 144 valence electrons. The van der Waals surface area contributed by atoms with Crippen molar-refractivity contribution < 1.29 is 12.8 Å². The van der Waals surface area contributed by atoms with Crippen molar-refractivity contribution >= 4 is 44.3 Å². The summed E-state index contributed by atoms with van der Waals surface area (Å²) in [4.78, 5) is 16.5. The zero-order chi connectivity index (χ0) is 19.9. The van der Waals surface area contributed by atoms with Crippen LogP contribution in [0.3, 0.4) is 0 Å². The van der Waals surface area contributed by atoms with Crippen molar-refractivity contribution in [2.45, 2.75) is 24.8 Å². The van der Waals surface area contributed by atoms with Gasteiger partial charge < -0.3 is 4.42 Å². The van der Waals surface area contributed by atoms with Crippen molar-refractivity contribution in [1.29, 1.82) is 0 Å². The van der Waals surface area contributed by atoms with Gasteiger partial charge in [-0.05, 0) is 18.6 Å². The SMILES string of the molecule is Cc1cc2nc(CCn3ncc(Cl)c(Cl)c3=O)oc2cc1S(=O)(=O)N(C)C. The summed E-state index contributed by atoms with van der Waals surface area (Å²) >= 11 is 11.6. The number of hydrogen-bond acceptors (Lipinski definition) is 6. The Morgan fingerprint density at radius 3 is 2.63 bits per heavy atom. The van der Waals surface area contributed by atoms with Crippen molar-refractivity contribution in [3.63, 3.8) is 0 Å². The van der Waals surface area contributed by atoms with Gasteiger partial charge in [0.1, 0.15) is 10.5 Å². The van der Waals surface area contributed by atoms with E-state index in [0.717, 1.165) is 8.99 Å². The Balaban J connectivity index is 1.92. The molecule has 0 aliphatic carbocycles. The van der Waals surface area contributed by atoms with Gasteiger partial charge in [0, 0.05) is 26.6 Å². The average molecular weight is 431 g/mol. The second-order valence-corrected chi connectivity index (χ2v) is 8.97. The van der Waals surface area contributed by atoms with Gasteiger partial charge in [-0.25, -0.2) is 22.4 Å². The van der Waals surface area contributed by atoms with Crippen molar-refractivity contribution in [2.24, 2.45) is 0 Å². The molecule has 0 atom stereocenters. The van der Waals surface area contributed by atoms with Gasteiger partial charge in [0.05, 0.1) is 22.7 Å². The Bertz CT molecular complexity index is 1190. The monoisotopic (exact) mass is 430 g/mol. The Labute approximate surface area is 165 Å². The molecule has 0 aliphatic rings. The van der Waals surface area contributed by atoms with E-state index in [4.69, 9.17) is 27.6 Å². The molecule has 8 nitrogen and oxygen atoms in total. The van der Waals surface area contributed by atoms with Gasteiger partial charge in [-0.2, -0.15) is 5.10 Å². The molecule has 0 bridgehead atoms. The van der Waals surface area contributed by atoms with Gasteiger partial charge in [-0.15, -0.1) is 0 Å². The maximum Gasteiger partial charge on any atom is 0.287 e. The molecule has 11 heteroatoms. The number of hydrogen-bond donors (Lipinski definition) is 0. The van der Waals surface area contributed by atoms with Gasteiger partial charge in [-0.3, -0.25) is 4.79 Å². The molecule has 3 aromatic rings. The highest BCUT2D eigenvalue weighted by Crippen LogP contribution is 2.25. The van der Waals surface area contributed by atoms with Crippen LogP contribution in [0.4, 0.5) is 0 Å². The lowest BCUT2D eigenvalue weighted by Crippen LogP contribution is -2.24. The molecule has 0 saturated carbocycles. The van der Waals surface area contributed by atoms with Gasteiger partial charge >= 0.3 is 0 Å². The van der Waals surface area contributed by atoms with Crippen molar-refractivity contribution in [2.75, 3.05) is 14.1 Å². The summed E-state index contributed by atoms with van der Waals surface area (Å²) in [7, 11) is -0.666.